The minimum absolute atomic E-state index is 0.174. The van der Waals surface area contributed by atoms with Crippen molar-refractivity contribution in [3.63, 3.8) is 0 Å². The molecular formula is C11H12ClNO3. The first-order chi connectivity index (χ1) is 7.47. The predicted octanol–water partition coefficient (Wildman–Crippen LogP) is 1.92. The number of anilines is 1. The van der Waals surface area contributed by atoms with E-state index in [1.807, 2.05) is 0 Å². The number of nitrogens with two attached hydrogens (primary N) is 1. The van der Waals surface area contributed by atoms with Crippen molar-refractivity contribution in [2.24, 2.45) is 0 Å². The number of benzene rings is 1. The van der Waals surface area contributed by atoms with Gasteiger partial charge >= 0.3 is 5.97 Å². The van der Waals surface area contributed by atoms with E-state index >= 15 is 0 Å². The number of carbonyl (C=O) groups excluding carboxylic acids is 2. The molecule has 0 aromatic heterocycles. The van der Waals surface area contributed by atoms with Crippen LogP contribution < -0.4 is 5.73 Å². The van der Waals surface area contributed by atoms with E-state index in [1.54, 1.807) is 6.07 Å². The largest absolute Gasteiger partial charge is 0.465 e. The maximum absolute atomic E-state index is 11.2. The van der Waals surface area contributed by atoms with Crippen LogP contribution in [0.15, 0.2) is 18.2 Å². The predicted molar refractivity (Wildman–Crippen MR) is 61.5 cm³/mol. The van der Waals surface area contributed by atoms with E-state index in [0.29, 0.717) is 5.56 Å². The summed E-state index contributed by atoms with van der Waals surface area (Å²) in [6.45, 7) is 1.39. The summed E-state index contributed by atoms with van der Waals surface area (Å²) in [5.41, 5.74) is 6.74. The Bertz CT molecular complexity index is 431. The number of hydrogen-bond donors (Lipinski definition) is 1. The van der Waals surface area contributed by atoms with Crippen LogP contribution in [0.3, 0.4) is 0 Å². The number of methoxy groups -OCH3 is 1. The molecule has 0 aliphatic carbocycles. The standard InChI is InChI=1S/C11H12ClNO3/c1-6(14)10(12)7-3-4-8(9(13)5-7)11(15)16-2/h3-5,10H,13H2,1-2H3. The number of alkyl halides is 1. The van der Waals surface area contributed by atoms with E-state index in [-0.39, 0.29) is 17.0 Å². The van der Waals surface area contributed by atoms with Gasteiger partial charge in [0.2, 0.25) is 0 Å². The molecule has 0 amide bonds. The van der Waals surface area contributed by atoms with Crippen molar-refractivity contribution in [1.29, 1.82) is 0 Å². The summed E-state index contributed by atoms with van der Waals surface area (Å²) in [7, 11) is 1.27. The average Bonchev–Trinajstić information content (AvgIpc) is 2.26. The highest BCUT2D eigenvalue weighted by Crippen LogP contribution is 2.25. The molecular weight excluding hydrogens is 230 g/mol. The Hall–Kier alpha value is -1.55. The number of ether oxygens (including phenoxy) is 1. The van der Waals surface area contributed by atoms with Gasteiger partial charge in [0.05, 0.1) is 12.7 Å². The molecule has 0 aliphatic heterocycles. The summed E-state index contributed by atoms with van der Waals surface area (Å²) in [6.07, 6.45) is 0. The van der Waals surface area contributed by atoms with Crippen molar-refractivity contribution < 1.29 is 14.3 Å². The van der Waals surface area contributed by atoms with Gasteiger partial charge in [-0.3, -0.25) is 4.79 Å². The monoisotopic (exact) mass is 241 g/mol. The van der Waals surface area contributed by atoms with Crippen LogP contribution in [-0.4, -0.2) is 18.9 Å². The lowest BCUT2D eigenvalue weighted by molar-refractivity contribution is -0.116. The van der Waals surface area contributed by atoms with E-state index in [4.69, 9.17) is 17.3 Å². The molecule has 0 saturated carbocycles. The van der Waals surface area contributed by atoms with Crippen molar-refractivity contribution in [2.75, 3.05) is 12.8 Å². The smallest absolute Gasteiger partial charge is 0.339 e. The van der Waals surface area contributed by atoms with Crippen LogP contribution in [0.5, 0.6) is 0 Å². The van der Waals surface area contributed by atoms with E-state index in [0.717, 1.165) is 0 Å². The van der Waals surface area contributed by atoms with E-state index < -0.39 is 11.3 Å². The molecule has 5 heteroatoms. The SMILES string of the molecule is COC(=O)c1ccc(C(Cl)C(C)=O)cc1N. The molecule has 86 valence electrons. The van der Waals surface area contributed by atoms with Crippen molar-refractivity contribution in [3.05, 3.63) is 29.3 Å². The van der Waals surface area contributed by atoms with Gasteiger partial charge in [-0.1, -0.05) is 6.07 Å². The number of Topliss-reactive ketones (excluding diaryl/α,β-unsaturated/α-hetero) is 1. The highest BCUT2D eigenvalue weighted by molar-refractivity contribution is 6.30. The first kappa shape index (κ1) is 12.5. The minimum Gasteiger partial charge on any atom is -0.465 e. The van der Waals surface area contributed by atoms with Crippen LogP contribution in [0.2, 0.25) is 0 Å². The third-order valence-corrected chi connectivity index (χ3v) is 2.69. The van der Waals surface area contributed by atoms with Gasteiger partial charge in [0.1, 0.15) is 5.38 Å². The van der Waals surface area contributed by atoms with E-state index in [9.17, 15) is 9.59 Å². The molecule has 0 radical (unpaired) electrons. The van der Waals surface area contributed by atoms with Gasteiger partial charge in [-0.15, -0.1) is 11.6 Å². The molecule has 0 heterocycles. The normalized spacial score (nSPS) is 11.9. The molecule has 2 N–H and O–H groups in total. The van der Waals surface area contributed by atoms with Gasteiger partial charge in [-0.2, -0.15) is 0 Å². The van der Waals surface area contributed by atoms with Crippen LogP contribution in [0.1, 0.15) is 28.2 Å². The molecule has 1 rings (SSSR count). The highest BCUT2D eigenvalue weighted by Gasteiger charge is 2.16. The third kappa shape index (κ3) is 2.52. The van der Waals surface area contributed by atoms with E-state index in [2.05, 4.69) is 4.74 Å². The molecule has 1 aromatic rings. The zero-order valence-electron chi connectivity index (χ0n) is 8.99. The van der Waals surface area contributed by atoms with Crippen molar-refractivity contribution in [2.45, 2.75) is 12.3 Å². The second-order valence-corrected chi connectivity index (χ2v) is 3.75. The molecule has 1 atom stereocenters. The van der Waals surface area contributed by atoms with Crippen LogP contribution in [0.4, 0.5) is 5.69 Å². The topological polar surface area (TPSA) is 69.4 Å². The Morgan fingerprint density at radius 3 is 2.50 bits per heavy atom. The number of ketones is 1. The lowest BCUT2D eigenvalue weighted by Crippen LogP contribution is -2.08. The summed E-state index contributed by atoms with van der Waals surface area (Å²) in [5, 5.41) is -0.742. The summed E-state index contributed by atoms with van der Waals surface area (Å²) in [6, 6.07) is 4.59. The van der Waals surface area contributed by atoms with Crippen LogP contribution in [0.25, 0.3) is 0 Å². The number of rotatable bonds is 3. The lowest BCUT2D eigenvalue weighted by atomic mass is 10.0. The minimum atomic E-state index is -0.742. The van der Waals surface area contributed by atoms with Gasteiger partial charge < -0.3 is 10.5 Å². The number of esters is 1. The molecule has 0 spiro atoms. The fourth-order valence-corrected chi connectivity index (χ4v) is 1.41. The van der Waals surface area contributed by atoms with Gasteiger partial charge in [-0.05, 0) is 24.6 Å². The Labute approximate surface area is 98.3 Å². The van der Waals surface area contributed by atoms with Crippen LogP contribution in [-0.2, 0) is 9.53 Å². The van der Waals surface area contributed by atoms with Crippen LogP contribution in [0, 0.1) is 0 Å². The second kappa shape index (κ2) is 4.99. The molecule has 0 bridgehead atoms. The molecule has 0 fully saturated rings. The van der Waals surface area contributed by atoms with Gasteiger partial charge in [0.15, 0.2) is 5.78 Å². The number of halogens is 1. The quantitative estimate of drug-likeness (QED) is 0.499. The Morgan fingerprint density at radius 1 is 1.44 bits per heavy atom. The van der Waals surface area contributed by atoms with Gasteiger partial charge in [0, 0.05) is 5.69 Å². The Kier molecular flexibility index (Phi) is 3.90. The summed E-state index contributed by atoms with van der Waals surface area (Å²) < 4.78 is 4.55. The van der Waals surface area contributed by atoms with Gasteiger partial charge in [0.25, 0.3) is 0 Å². The Balaban J connectivity index is 3.08. The van der Waals surface area contributed by atoms with E-state index in [1.165, 1.54) is 26.2 Å². The van der Waals surface area contributed by atoms with Crippen molar-refractivity contribution in [1.82, 2.24) is 0 Å². The summed E-state index contributed by atoms with van der Waals surface area (Å²) in [5.74, 6) is -0.690. The highest BCUT2D eigenvalue weighted by atomic mass is 35.5. The fraction of sp³-hybridized carbons (Fsp3) is 0.273. The number of hydrogen-bond acceptors (Lipinski definition) is 4. The van der Waals surface area contributed by atoms with Crippen molar-refractivity contribution in [3.8, 4) is 0 Å². The van der Waals surface area contributed by atoms with Crippen molar-refractivity contribution >= 4 is 29.0 Å². The first-order valence-electron chi connectivity index (χ1n) is 4.59. The summed E-state index contributed by atoms with van der Waals surface area (Å²) >= 11 is 5.86. The first-order valence-corrected chi connectivity index (χ1v) is 5.03. The Morgan fingerprint density at radius 2 is 2.06 bits per heavy atom. The lowest BCUT2D eigenvalue weighted by Gasteiger charge is -2.09. The number of nitrogen functional groups attached to an aromatic ring is 1. The fourth-order valence-electron chi connectivity index (χ4n) is 1.27. The molecule has 16 heavy (non-hydrogen) atoms. The van der Waals surface area contributed by atoms with Crippen LogP contribution >= 0.6 is 11.6 Å². The third-order valence-electron chi connectivity index (χ3n) is 2.13. The average molecular weight is 242 g/mol. The second-order valence-electron chi connectivity index (χ2n) is 3.31. The molecule has 0 saturated heterocycles. The zero-order chi connectivity index (χ0) is 12.3. The summed E-state index contributed by atoms with van der Waals surface area (Å²) in [4.78, 5) is 22.3. The maximum atomic E-state index is 11.2. The molecule has 4 nitrogen and oxygen atoms in total. The van der Waals surface area contributed by atoms with Gasteiger partial charge in [-0.25, -0.2) is 4.79 Å². The molecule has 1 aromatic carbocycles. The molecule has 1 unspecified atom stereocenters. The zero-order valence-corrected chi connectivity index (χ0v) is 9.75. The molecule has 0 aliphatic rings. The number of carbonyl (C=O) groups is 2. The maximum Gasteiger partial charge on any atom is 0.339 e.